The number of hydrogen-bond donors (Lipinski definition) is 2. The summed E-state index contributed by atoms with van der Waals surface area (Å²) in [6.07, 6.45) is 0.842. The van der Waals surface area contributed by atoms with Crippen molar-refractivity contribution < 1.29 is 13.5 Å². The number of H-pyrrole nitrogens is 1. The molecule has 0 unspecified atom stereocenters. The van der Waals surface area contributed by atoms with Gasteiger partial charge in [0, 0.05) is 10.1 Å². The highest BCUT2D eigenvalue weighted by molar-refractivity contribution is 9.10. The van der Waals surface area contributed by atoms with Crippen LogP contribution in [0.2, 0.25) is 0 Å². The molecule has 0 atom stereocenters. The molecule has 0 amide bonds. The van der Waals surface area contributed by atoms with Gasteiger partial charge in [-0.15, -0.1) is 11.3 Å². The highest BCUT2D eigenvalue weighted by Gasteiger charge is 2.26. The summed E-state index contributed by atoms with van der Waals surface area (Å²) in [6.45, 7) is 0. The van der Waals surface area contributed by atoms with Crippen molar-refractivity contribution in [2.24, 2.45) is 0 Å². The van der Waals surface area contributed by atoms with Crippen molar-refractivity contribution in [3.8, 4) is 5.88 Å². The van der Waals surface area contributed by atoms with E-state index in [1.54, 1.807) is 24.3 Å². The number of nitrogens with one attached hydrogen (secondary N) is 1. The monoisotopic (exact) mass is 374 g/mol. The summed E-state index contributed by atoms with van der Waals surface area (Å²) in [5.41, 5.74) is -0.910. The Hall–Kier alpha value is -1.58. The van der Waals surface area contributed by atoms with E-state index in [4.69, 9.17) is 0 Å². The van der Waals surface area contributed by atoms with Gasteiger partial charge < -0.3 is 5.11 Å². The SMILES string of the molecule is O=c1[nH]c(O)cn1S(=O)(=O)c1sc2ccccc2c1Br. The van der Waals surface area contributed by atoms with Crippen LogP contribution in [0.1, 0.15) is 0 Å². The molecule has 3 rings (SSSR count). The second-order valence-corrected chi connectivity index (χ2v) is 7.80. The number of imidazole rings is 1. The lowest BCUT2D eigenvalue weighted by atomic mass is 10.3. The number of benzene rings is 1. The molecule has 0 fully saturated rings. The molecule has 2 N–H and O–H groups in total. The number of hydrogen-bond acceptors (Lipinski definition) is 5. The molecule has 9 heteroatoms. The van der Waals surface area contributed by atoms with Crippen LogP contribution in [0.15, 0.2) is 43.9 Å². The Kier molecular flexibility index (Phi) is 3.00. The molecule has 2 heterocycles. The molecule has 6 nitrogen and oxygen atoms in total. The van der Waals surface area contributed by atoms with Crippen molar-refractivity contribution in [1.29, 1.82) is 0 Å². The number of nitrogens with zero attached hydrogens (tertiary/aromatic N) is 1. The summed E-state index contributed by atoms with van der Waals surface area (Å²) in [5.74, 6) is -0.504. The molecule has 0 saturated heterocycles. The molecular weight excluding hydrogens is 368 g/mol. The molecular formula is C11H7BrN2O4S2. The molecule has 0 saturated carbocycles. The first kappa shape index (κ1) is 13.4. The first-order valence-electron chi connectivity index (χ1n) is 5.34. The van der Waals surface area contributed by atoms with E-state index in [1.165, 1.54) is 0 Å². The minimum atomic E-state index is -4.06. The third kappa shape index (κ3) is 1.89. The van der Waals surface area contributed by atoms with Gasteiger partial charge in [0.05, 0.1) is 10.7 Å². The Morgan fingerprint density at radius 3 is 2.60 bits per heavy atom. The van der Waals surface area contributed by atoms with Gasteiger partial charge in [0.25, 0.3) is 10.0 Å². The van der Waals surface area contributed by atoms with Gasteiger partial charge in [-0.1, -0.05) is 18.2 Å². The average Bonchev–Trinajstić information content (AvgIpc) is 2.91. The van der Waals surface area contributed by atoms with E-state index < -0.39 is 21.6 Å². The Morgan fingerprint density at radius 1 is 1.30 bits per heavy atom. The molecule has 0 spiro atoms. The molecule has 20 heavy (non-hydrogen) atoms. The zero-order chi connectivity index (χ0) is 14.5. The highest BCUT2D eigenvalue weighted by Crippen LogP contribution is 2.39. The predicted octanol–water partition coefficient (Wildman–Crippen LogP) is 2.10. The smallest absolute Gasteiger partial charge is 0.342 e. The van der Waals surface area contributed by atoms with E-state index >= 15 is 0 Å². The van der Waals surface area contributed by atoms with Gasteiger partial charge in [-0.2, -0.15) is 12.4 Å². The Labute approximate surface area is 125 Å². The third-order valence-electron chi connectivity index (χ3n) is 2.67. The van der Waals surface area contributed by atoms with Crippen LogP contribution >= 0.6 is 27.3 Å². The Balaban J connectivity index is 2.32. The molecule has 0 bridgehead atoms. The first-order chi connectivity index (χ1) is 9.41. The van der Waals surface area contributed by atoms with Gasteiger partial charge in [-0.25, -0.2) is 4.79 Å². The number of halogens is 1. The minimum absolute atomic E-state index is 0.0137. The Bertz CT molecular complexity index is 968. The van der Waals surface area contributed by atoms with Crippen LogP contribution in [-0.2, 0) is 10.0 Å². The number of rotatable bonds is 2. The van der Waals surface area contributed by atoms with Crippen LogP contribution in [0.3, 0.4) is 0 Å². The number of thiophene rings is 1. The van der Waals surface area contributed by atoms with Gasteiger partial charge in [-0.05, 0) is 22.0 Å². The summed E-state index contributed by atoms with van der Waals surface area (Å²) < 4.78 is 26.6. The molecule has 0 aliphatic heterocycles. The van der Waals surface area contributed by atoms with Crippen molar-refractivity contribution >= 4 is 47.4 Å². The minimum Gasteiger partial charge on any atom is -0.493 e. The first-order valence-corrected chi connectivity index (χ1v) is 8.39. The molecule has 3 aromatic rings. The van der Waals surface area contributed by atoms with Crippen LogP contribution in [0, 0.1) is 0 Å². The van der Waals surface area contributed by atoms with Gasteiger partial charge in [0.15, 0.2) is 4.21 Å². The zero-order valence-electron chi connectivity index (χ0n) is 9.70. The van der Waals surface area contributed by atoms with Gasteiger partial charge >= 0.3 is 5.69 Å². The zero-order valence-corrected chi connectivity index (χ0v) is 12.9. The highest BCUT2D eigenvalue weighted by atomic mass is 79.9. The molecule has 0 aliphatic rings. The number of aromatic amines is 1. The third-order valence-corrected chi connectivity index (χ3v) is 7.33. The summed E-state index contributed by atoms with van der Waals surface area (Å²) >= 11 is 4.31. The van der Waals surface area contributed by atoms with E-state index in [-0.39, 0.29) is 4.21 Å². The standard InChI is InChI=1S/C11H7BrN2O4S2/c12-9-6-3-1-2-4-7(6)19-10(9)20(17,18)14-5-8(15)13-11(14)16/h1-5,15H,(H,13,16). The summed E-state index contributed by atoms with van der Waals surface area (Å²) in [6, 6.07) is 7.17. The largest absolute Gasteiger partial charge is 0.493 e. The van der Waals surface area contributed by atoms with Crippen LogP contribution in [-0.4, -0.2) is 22.5 Å². The van der Waals surface area contributed by atoms with Crippen LogP contribution in [0.25, 0.3) is 10.1 Å². The molecule has 0 radical (unpaired) electrons. The fourth-order valence-corrected chi connectivity index (χ4v) is 5.90. The van der Waals surface area contributed by atoms with Crippen LogP contribution in [0.5, 0.6) is 5.88 Å². The van der Waals surface area contributed by atoms with Crippen LogP contribution in [0.4, 0.5) is 0 Å². The van der Waals surface area contributed by atoms with Crippen molar-refractivity contribution in [2.75, 3.05) is 0 Å². The normalized spacial score (nSPS) is 12.1. The lowest BCUT2D eigenvalue weighted by molar-refractivity contribution is 0.455. The lowest BCUT2D eigenvalue weighted by Crippen LogP contribution is -2.24. The topological polar surface area (TPSA) is 92.2 Å². The molecule has 0 aliphatic carbocycles. The Morgan fingerprint density at radius 2 is 2.00 bits per heavy atom. The second-order valence-electron chi connectivity index (χ2n) is 3.95. The molecule has 1 aromatic carbocycles. The van der Waals surface area contributed by atoms with Gasteiger partial charge in [0.2, 0.25) is 5.88 Å². The molecule has 104 valence electrons. The average molecular weight is 375 g/mol. The van der Waals surface area contributed by atoms with Crippen molar-refractivity contribution in [2.45, 2.75) is 4.21 Å². The maximum atomic E-state index is 12.5. The van der Waals surface area contributed by atoms with Crippen LogP contribution < -0.4 is 5.69 Å². The predicted molar refractivity (Wildman–Crippen MR) is 78.8 cm³/mol. The van der Waals surface area contributed by atoms with Crippen molar-refractivity contribution in [3.05, 3.63) is 45.4 Å². The second kappa shape index (κ2) is 4.47. The van der Waals surface area contributed by atoms with Crippen molar-refractivity contribution in [3.63, 3.8) is 0 Å². The van der Waals surface area contributed by atoms with Gasteiger partial charge in [-0.3, -0.25) is 4.98 Å². The maximum absolute atomic E-state index is 12.5. The van der Waals surface area contributed by atoms with Crippen molar-refractivity contribution in [1.82, 2.24) is 8.96 Å². The quantitative estimate of drug-likeness (QED) is 0.718. The van der Waals surface area contributed by atoms with E-state index in [0.29, 0.717) is 8.45 Å². The summed E-state index contributed by atoms with van der Waals surface area (Å²) in [5, 5.41) is 9.96. The fraction of sp³-hybridized carbons (Fsp3) is 0. The summed E-state index contributed by atoms with van der Waals surface area (Å²) in [7, 11) is -4.06. The maximum Gasteiger partial charge on any atom is 0.342 e. The van der Waals surface area contributed by atoms with E-state index in [2.05, 4.69) is 15.9 Å². The fourth-order valence-electron chi connectivity index (χ4n) is 1.79. The molecule has 2 aromatic heterocycles. The van der Waals surface area contributed by atoms with E-state index in [1.807, 2.05) is 4.98 Å². The lowest BCUT2D eigenvalue weighted by Gasteiger charge is -2.01. The summed E-state index contributed by atoms with van der Waals surface area (Å²) in [4.78, 5) is 13.6. The van der Waals surface area contributed by atoms with Gasteiger partial charge in [0.1, 0.15) is 0 Å². The van der Waals surface area contributed by atoms with E-state index in [9.17, 15) is 18.3 Å². The van der Waals surface area contributed by atoms with E-state index in [0.717, 1.165) is 27.6 Å². The number of fused-ring (bicyclic) bond motifs is 1. The number of aromatic nitrogens is 2. The number of aromatic hydroxyl groups is 1.